The summed E-state index contributed by atoms with van der Waals surface area (Å²) in [5.74, 6) is 4.08. The van der Waals surface area contributed by atoms with Crippen LogP contribution in [0.3, 0.4) is 0 Å². The van der Waals surface area contributed by atoms with Crippen molar-refractivity contribution in [2.45, 2.75) is 65.6 Å². The number of carbonyl (C=O) groups is 1. The van der Waals surface area contributed by atoms with Crippen molar-refractivity contribution in [3.63, 3.8) is 0 Å². The number of aliphatic carboxylic acids is 1. The highest BCUT2D eigenvalue weighted by Gasteiger charge is 2.26. The van der Waals surface area contributed by atoms with Gasteiger partial charge in [-0.15, -0.1) is 0 Å². The summed E-state index contributed by atoms with van der Waals surface area (Å²) >= 11 is 0. The lowest BCUT2D eigenvalue weighted by Crippen LogP contribution is -2.44. The van der Waals surface area contributed by atoms with Crippen LogP contribution in [0.4, 0.5) is 14.5 Å². The zero-order valence-corrected chi connectivity index (χ0v) is 23.4. The molecule has 0 saturated carbocycles. The first-order valence-corrected chi connectivity index (χ1v) is 13.4. The number of hydrogen-bond acceptors (Lipinski definition) is 6. The number of unbranched alkanes of at least 4 members (excludes halogenated alkanes) is 1. The fourth-order valence-corrected chi connectivity index (χ4v) is 4.92. The van der Waals surface area contributed by atoms with Crippen LogP contribution in [0.15, 0.2) is 35.3 Å². The molecule has 0 fully saturated rings. The van der Waals surface area contributed by atoms with E-state index >= 15 is 0 Å². The summed E-state index contributed by atoms with van der Waals surface area (Å²) in [4.78, 5) is 22.8. The maximum Gasteiger partial charge on any atom is 0.307 e. The van der Waals surface area contributed by atoms with Gasteiger partial charge in [-0.1, -0.05) is 45.7 Å². The van der Waals surface area contributed by atoms with Gasteiger partial charge in [-0.05, 0) is 67.2 Å². The second-order valence-electron chi connectivity index (χ2n) is 10.3. The van der Waals surface area contributed by atoms with E-state index in [1.807, 2.05) is 7.05 Å². The maximum absolute atomic E-state index is 14.7. The van der Waals surface area contributed by atoms with E-state index < -0.39 is 24.0 Å². The average Bonchev–Trinajstić information content (AvgIpc) is 2.86. The van der Waals surface area contributed by atoms with Crippen LogP contribution in [-0.4, -0.2) is 48.7 Å². The molecule has 0 aromatic heterocycles. The summed E-state index contributed by atoms with van der Waals surface area (Å²) in [6.45, 7) is 8.27. The predicted octanol–water partition coefficient (Wildman–Crippen LogP) is 4.97. The Kier molecular flexibility index (Phi) is 13.5. The van der Waals surface area contributed by atoms with E-state index in [1.54, 1.807) is 6.07 Å². The van der Waals surface area contributed by atoms with Crippen molar-refractivity contribution in [2.24, 2.45) is 28.5 Å². The molecule has 0 spiro atoms. The zero-order valence-electron chi connectivity index (χ0n) is 23.4. The van der Waals surface area contributed by atoms with Gasteiger partial charge in [-0.2, -0.15) is 0 Å². The van der Waals surface area contributed by atoms with Gasteiger partial charge in [0.25, 0.3) is 0 Å². The normalized spacial score (nSPS) is 13.5. The second kappa shape index (κ2) is 16.2. The van der Waals surface area contributed by atoms with E-state index in [0.29, 0.717) is 41.4 Å². The monoisotopic (exact) mass is 547 g/mol. The molecule has 0 aliphatic rings. The number of carboxylic acid groups (broad SMARTS) is 1. The fraction of sp³-hybridized carbons (Fsp3) is 0.517. The number of halogens is 2. The lowest BCUT2D eigenvalue weighted by atomic mass is 9.95. The van der Waals surface area contributed by atoms with Crippen LogP contribution in [0.5, 0.6) is 0 Å². The number of carboxylic acids is 1. The fourth-order valence-electron chi connectivity index (χ4n) is 4.92. The van der Waals surface area contributed by atoms with E-state index in [-0.39, 0.29) is 17.7 Å². The molecule has 2 atom stereocenters. The molecule has 0 heterocycles. The Hall–Kier alpha value is -2.92. The molecule has 10 heteroatoms. The van der Waals surface area contributed by atoms with E-state index in [4.69, 9.17) is 21.6 Å². The first kappa shape index (κ1) is 32.3. The number of nitrogens with zero attached hydrogens (tertiary/aromatic N) is 2. The molecule has 0 radical (unpaired) electrons. The van der Waals surface area contributed by atoms with Gasteiger partial charge in [-0.3, -0.25) is 14.5 Å². The largest absolute Gasteiger partial charge is 0.481 e. The molecule has 2 rings (SSSR count). The van der Waals surface area contributed by atoms with Gasteiger partial charge < -0.3 is 16.2 Å². The summed E-state index contributed by atoms with van der Waals surface area (Å²) in [5, 5.41) is 12.4. The molecule has 0 amide bonds. The van der Waals surface area contributed by atoms with Crippen molar-refractivity contribution in [1.82, 2.24) is 10.2 Å². The summed E-state index contributed by atoms with van der Waals surface area (Å²) < 4.78 is 29.3. The number of nitrogens with one attached hydrogen (secondary N) is 1. The first-order valence-electron chi connectivity index (χ1n) is 13.4. The molecule has 0 aliphatic heterocycles. The van der Waals surface area contributed by atoms with Crippen LogP contribution >= 0.6 is 0 Å². The molecule has 0 bridgehead atoms. The molecule has 6 N–H and O–H groups in total. The van der Waals surface area contributed by atoms with Crippen molar-refractivity contribution in [1.29, 1.82) is 0 Å². The molecule has 2 unspecified atom stereocenters. The van der Waals surface area contributed by atoms with Gasteiger partial charge in [0.15, 0.2) is 0 Å². The minimum atomic E-state index is -1.14. The lowest BCUT2D eigenvalue weighted by molar-refractivity contribution is -0.136. The molecule has 2 aromatic carbocycles. The Morgan fingerprint density at radius 1 is 1.21 bits per heavy atom. The topological polar surface area (TPSA) is 126 Å². The van der Waals surface area contributed by atoms with Gasteiger partial charge in [-0.25, -0.2) is 19.7 Å². The Balaban J connectivity index is 2.22. The lowest BCUT2D eigenvalue weighted by Gasteiger charge is -2.34. The van der Waals surface area contributed by atoms with E-state index in [9.17, 15) is 13.6 Å². The number of nitrogens with two attached hydrogens (primary N) is 2. The Bertz CT molecular complexity index is 1100. The summed E-state index contributed by atoms with van der Waals surface area (Å²) in [5.41, 5.74) is 7.36. The van der Waals surface area contributed by atoms with Crippen LogP contribution in [-0.2, 0) is 22.6 Å². The summed E-state index contributed by atoms with van der Waals surface area (Å²) in [6.07, 6.45) is 4.36. The Morgan fingerprint density at radius 2 is 1.95 bits per heavy atom. The van der Waals surface area contributed by atoms with Crippen LogP contribution in [0.2, 0.25) is 0 Å². The van der Waals surface area contributed by atoms with Crippen molar-refractivity contribution < 1.29 is 23.5 Å². The molecule has 8 nitrogen and oxygen atoms in total. The van der Waals surface area contributed by atoms with Crippen LogP contribution in [0, 0.1) is 23.5 Å². The van der Waals surface area contributed by atoms with Crippen LogP contribution < -0.4 is 16.9 Å². The van der Waals surface area contributed by atoms with Gasteiger partial charge >= 0.3 is 5.97 Å². The van der Waals surface area contributed by atoms with Gasteiger partial charge in [0.1, 0.15) is 17.9 Å². The standard InChI is InChI=1S/C29H43F2N5O3/c1-5-6-7-20(29(39-33)36(4)17-19(2)3)10-11-34-16-23-12-24(30)15-25(28(23)35-18-32)21-8-9-22(14-27(37)38)26(31)13-21/h8-9,12-13,15,18-20,29,34H,5-7,10-11,14,16-17,33H2,1-4H3,(H2,32,35)(H,37,38). The Morgan fingerprint density at radius 3 is 2.54 bits per heavy atom. The number of benzene rings is 2. The minimum Gasteiger partial charge on any atom is -0.481 e. The quantitative estimate of drug-likeness (QED) is 0.0724. The highest BCUT2D eigenvalue weighted by molar-refractivity contribution is 5.81. The molecule has 216 valence electrons. The number of rotatable bonds is 17. The highest BCUT2D eigenvalue weighted by atomic mass is 19.1. The average molecular weight is 548 g/mol. The SMILES string of the molecule is CCCCC(CCNCc1cc(F)cc(-c2ccc(CC(=O)O)c(F)c2)c1N=CN)C(ON)N(C)CC(C)C. The molecule has 0 aliphatic carbocycles. The van der Waals surface area contributed by atoms with Crippen molar-refractivity contribution in [3.8, 4) is 11.1 Å². The van der Waals surface area contributed by atoms with Gasteiger partial charge in [0, 0.05) is 24.6 Å². The van der Waals surface area contributed by atoms with Crippen molar-refractivity contribution in [2.75, 3.05) is 20.1 Å². The number of hydrogen-bond donors (Lipinski definition) is 4. The second-order valence-corrected chi connectivity index (χ2v) is 10.3. The van der Waals surface area contributed by atoms with E-state index in [1.165, 1.54) is 24.3 Å². The van der Waals surface area contributed by atoms with Gasteiger partial charge in [0.2, 0.25) is 0 Å². The first-order chi connectivity index (χ1) is 18.6. The van der Waals surface area contributed by atoms with Crippen LogP contribution in [0.25, 0.3) is 11.1 Å². The smallest absolute Gasteiger partial charge is 0.307 e. The molecule has 2 aromatic rings. The third kappa shape index (κ3) is 9.96. The van der Waals surface area contributed by atoms with Crippen molar-refractivity contribution in [3.05, 3.63) is 53.1 Å². The zero-order chi connectivity index (χ0) is 28.9. The molecule has 0 saturated heterocycles. The summed E-state index contributed by atoms with van der Waals surface area (Å²) in [7, 11) is 2.02. The van der Waals surface area contributed by atoms with Crippen LogP contribution in [0.1, 0.15) is 57.6 Å². The van der Waals surface area contributed by atoms with E-state index in [2.05, 4.69) is 36.0 Å². The molecular formula is C29H43F2N5O3. The third-order valence-corrected chi connectivity index (χ3v) is 6.63. The molecule has 39 heavy (non-hydrogen) atoms. The maximum atomic E-state index is 14.7. The van der Waals surface area contributed by atoms with E-state index in [0.717, 1.165) is 38.6 Å². The third-order valence-electron chi connectivity index (χ3n) is 6.63. The van der Waals surface area contributed by atoms with Crippen molar-refractivity contribution >= 4 is 18.0 Å². The van der Waals surface area contributed by atoms with Gasteiger partial charge in [0.05, 0.1) is 18.4 Å². The minimum absolute atomic E-state index is 0.0462. The molecular weight excluding hydrogens is 504 g/mol. The predicted molar refractivity (Wildman–Crippen MR) is 151 cm³/mol. The highest BCUT2D eigenvalue weighted by Crippen LogP contribution is 2.35. The number of aliphatic imine (C=N–C) groups is 1. The summed E-state index contributed by atoms with van der Waals surface area (Å²) in [6, 6.07) is 6.79. The Labute approximate surface area is 230 Å².